The summed E-state index contributed by atoms with van der Waals surface area (Å²) in [6.07, 6.45) is 0.236. The van der Waals surface area contributed by atoms with Crippen molar-refractivity contribution in [3.63, 3.8) is 0 Å². The third-order valence-corrected chi connectivity index (χ3v) is 3.70. The molecule has 1 heterocycles. The third-order valence-electron chi connectivity index (χ3n) is 2.94. The van der Waals surface area contributed by atoms with Crippen LogP contribution in [0.5, 0.6) is 0 Å². The lowest BCUT2D eigenvalue weighted by molar-refractivity contribution is -0.115. The molecule has 0 spiro atoms. The molecule has 4 nitrogen and oxygen atoms in total. The average molecular weight is 299 g/mol. The molecule has 0 aliphatic rings. The molecule has 2 rings (SSSR count). The number of thiazole rings is 1. The van der Waals surface area contributed by atoms with Crippen molar-refractivity contribution in [3.8, 4) is 6.07 Å². The van der Waals surface area contributed by atoms with Crippen LogP contribution in [0.1, 0.15) is 37.6 Å². The number of nitrogens with zero attached hydrogens (tertiary/aromatic N) is 2. The van der Waals surface area contributed by atoms with E-state index >= 15 is 0 Å². The number of carbonyl (C=O) groups is 1. The molecule has 0 radical (unpaired) electrons. The smallest absolute Gasteiger partial charge is 0.230 e. The monoisotopic (exact) mass is 299 g/mol. The molecule has 0 saturated heterocycles. The molecule has 0 fully saturated rings. The van der Waals surface area contributed by atoms with Crippen molar-refractivity contribution in [3.05, 3.63) is 46.5 Å². The zero-order valence-corrected chi connectivity index (χ0v) is 13.1. The maximum atomic E-state index is 12.0. The highest BCUT2D eigenvalue weighted by molar-refractivity contribution is 7.13. The van der Waals surface area contributed by atoms with Crippen molar-refractivity contribution >= 4 is 22.4 Å². The molecular formula is C16H17N3OS. The number of hydrogen-bond acceptors (Lipinski definition) is 4. The number of hydrogen-bond donors (Lipinski definition) is 1. The Morgan fingerprint density at radius 3 is 2.81 bits per heavy atom. The van der Waals surface area contributed by atoms with Crippen LogP contribution in [0.15, 0.2) is 29.6 Å². The minimum atomic E-state index is -0.125. The van der Waals surface area contributed by atoms with Crippen LogP contribution in [0.3, 0.4) is 0 Å². The number of aromatic nitrogens is 1. The van der Waals surface area contributed by atoms with E-state index in [0.29, 0.717) is 10.7 Å². The van der Waals surface area contributed by atoms with Crippen LogP contribution < -0.4 is 5.32 Å². The highest BCUT2D eigenvalue weighted by Crippen LogP contribution is 2.26. The Hall–Kier alpha value is -2.19. The van der Waals surface area contributed by atoms with Gasteiger partial charge in [0.1, 0.15) is 0 Å². The number of rotatable bonds is 3. The van der Waals surface area contributed by atoms with Crippen molar-refractivity contribution in [2.75, 3.05) is 5.32 Å². The molecule has 21 heavy (non-hydrogen) atoms. The fourth-order valence-electron chi connectivity index (χ4n) is 1.78. The minimum absolute atomic E-state index is 0.0272. The second kappa shape index (κ2) is 6.06. The van der Waals surface area contributed by atoms with Crippen molar-refractivity contribution < 1.29 is 4.79 Å². The van der Waals surface area contributed by atoms with E-state index in [1.54, 1.807) is 18.2 Å². The third kappa shape index (κ3) is 4.14. The van der Waals surface area contributed by atoms with Crippen LogP contribution in [0.4, 0.5) is 5.13 Å². The van der Waals surface area contributed by atoms with Crippen LogP contribution in [0, 0.1) is 11.3 Å². The van der Waals surface area contributed by atoms with Gasteiger partial charge in [0.15, 0.2) is 5.13 Å². The molecule has 5 heteroatoms. The first-order valence-corrected chi connectivity index (χ1v) is 7.51. The van der Waals surface area contributed by atoms with Crippen LogP contribution >= 0.6 is 11.3 Å². The Kier molecular flexibility index (Phi) is 4.39. The van der Waals surface area contributed by atoms with E-state index in [1.807, 2.05) is 11.4 Å². The first-order chi connectivity index (χ1) is 9.88. The number of nitriles is 1. The van der Waals surface area contributed by atoms with Gasteiger partial charge in [-0.3, -0.25) is 4.79 Å². The fraction of sp³-hybridized carbons (Fsp3) is 0.312. The van der Waals surface area contributed by atoms with Gasteiger partial charge in [0, 0.05) is 10.8 Å². The molecule has 0 atom stereocenters. The molecule has 1 aromatic carbocycles. The molecule has 1 aromatic heterocycles. The van der Waals surface area contributed by atoms with Crippen LogP contribution in [-0.2, 0) is 16.6 Å². The van der Waals surface area contributed by atoms with Gasteiger partial charge in [-0.25, -0.2) is 4.98 Å². The zero-order chi connectivity index (χ0) is 15.5. The summed E-state index contributed by atoms with van der Waals surface area (Å²) in [5, 5.41) is 14.2. The van der Waals surface area contributed by atoms with Crippen molar-refractivity contribution in [2.24, 2.45) is 0 Å². The predicted octanol–water partition coefficient (Wildman–Crippen LogP) is 3.49. The van der Waals surface area contributed by atoms with Gasteiger partial charge < -0.3 is 5.32 Å². The lowest BCUT2D eigenvalue weighted by atomic mass is 9.93. The fourth-order valence-corrected chi connectivity index (χ4v) is 2.73. The lowest BCUT2D eigenvalue weighted by Gasteiger charge is -2.14. The maximum absolute atomic E-state index is 12.0. The molecule has 1 amide bonds. The number of amides is 1. The maximum Gasteiger partial charge on any atom is 0.230 e. The first-order valence-electron chi connectivity index (χ1n) is 6.63. The highest BCUT2D eigenvalue weighted by Gasteiger charge is 2.18. The zero-order valence-electron chi connectivity index (χ0n) is 12.3. The van der Waals surface area contributed by atoms with Crippen LogP contribution in [0.25, 0.3) is 0 Å². The molecule has 0 unspecified atom stereocenters. The summed E-state index contributed by atoms with van der Waals surface area (Å²) in [7, 11) is 0. The standard InChI is InChI=1S/C16H17N3OS/c1-16(2,3)13-10-21-15(18-13)19-14(20)8-11-5-4-6-12(7-11)9-17/h4-7,10H,8H2,1-3H3,(H,18,19,20). The van der Waals surface area contributed by atoms with Gasteiger partial charge in [0.25, 0.3) is 0 Å². The van der Waals surface area contributed by atoms with Gasteiger partial charge in [-0.1, -0.05) is 32.9 Å². The van der Waals surface area contributed by atoms with E-state index in [4.69, 9.17) is 5.26 Å². The molecular weight excluding hydrogens is 282 g/mol. The lowest BCUT2D eigenvalue weighted by Crippen LogP contribution is -2.15. The SMILES string of the molecule is CC(C)(C)c1csc(NC(=O)Cc2cccc(C#N)c2)n1. The summed E-state index contributed by atoms with van der Waals surface area (Å²) in [5.41, 5.74) is 2.32. The molecule has 0 aliphatic carbocycles. The quantitative estimate of drug-likeness (QED) is 0.943. The van der Waals surface area contributed by atoms with E-state index in [9.17, 15) is 4.79 Å². The van der Waals surface area contributed by atoms with Crippen LogP contribution in [-0.4, -0.2) is 10.9 Å². The summed E-state index contributed by atoms with van der Waals surface area (Å²) in [5.74, 6) is -0.125. The summed E-state index contributed by atoms with van der Waals surface area (Å²) >= 11 is 1.43. The number of nitrogens with one attached hydrogen (secondary N) is 1. The average Bonchev–Trinajstić information content (AvgIpc) is 2.87. The Balaban J connectivity index is 2.02. The summed E-state index contributed by atoms with van der Waals surface area (Å²) in [4.78, 5) is 16.4. The highest BCUT2D eigenvalue weighted by atomic mass is 32.1. The topological polar surface area (TPSA) is 65.8 Å². The Labute approximate surface area is 128 Å². The number of carbonyl (C=O) groups excluding carboxylic acids is 1. The largest absolute Gasteiger partial charge is 0.302 e. The molecule has 0 aliphatic heterocycles. The predicted molar refractivity (Wildman–Crippen MR) is 84.3 cm³/mol. The van der Waals surface area contributed by atoms with Crippen molar-refractivity contribution in [1.29, 1.82) is 5.26 Å². The Morgan fingerprint density at radius 1 is 1.43 bits per heavy atom. The van der Waals surface area contributed by atoms with Crippen molar-refractivity contribution in [2.45, 2.75) is 32.6 Å². The number of anilines is 1. The van der Waals surface area contributed by atoms with Gasteiger partial charge in [-0.05, 0) is 17.7 Å². The molecule has 2 aromatic rings. The van der Waals surface area contributed by atoms with E-state index in [2.05, 4.69) is 37.1 Å². The number of benzene rings is 1. The van der Waals surface area contributed by atoms with E-state index in [0.717, 1.165) is 11.3 Å². The van der Waals surface area contributed by atoms with Gasteiger partial charge in [0.2, 0.25) is 5.91 Å². The van der Waals surface area contributed by atoms with Gasteiger partial charge in [0.05, 0.1) is 23.7 Å². The minimum Gasteiger partial charge on any atom is -0.302 e. The second-order valence-corrected chi connectivity index (χ2v) is 6.68. The molecule has 108 valence electrons. The van der Waals surface area contributed by atoms with Gasteiger partial charge >= 0.3 is 0 Å². The Bertz CT molecular complexity index is 692. The molecule has 0 bridgehead atoms. The molecule has 0 saturated carbocycles. The van der Waals surface area contributed by atoms with E-state index in [1.165, 1.54) is 11.3 Å². The van der Waals surface area contributed by atoms with Gasteiger partial charge in [-0.2, -0.15) is 5.26 Å². The summed E-state index contributed by atoms with van der Waals surface area (Å²) in [6.45, 7) is 6.25. The van der Waals surface area contributed by atoms with Gasteiger partial charge in [-0.15, -0.1) is 11.3 Å². The first kappa shape index (κ1) is 15.2. The van der Waals surface area contributed by atoms with Crippen LogP contribution in [0.2, 0.25) is 0 Å². The Morgan fingerprint density at radius 2 is 2.19 bits per heavy atom. The summed E-state index contributed by atoms with van der Waals surface area (Å²) < 4.78 is 0. The van der Waals surface area contributed by atoms with E-state index in [-0.39, 0.29) is 17.7 Å². The van der Waals surface area contributed by atoms with Crippen molar-refractivity contribution in [1.82, 2.24) is 4.98 Å². The normalized spacial score (nSPS) is 11.0. The second-order valence-electron chi connectivity index (χ2n) is 5.83. The molecule has 1 N–H and O–H groups in total. The summed E-state index contributed by atoms with van der Waals surface area (Å²) in [6, 6.07) is 9.13. The van der Waals surface area contributed by atoms with E-state index < -0.39 is 0 Å².